The fraction of sp³-hybridized carbons (Fsp3) is 0.909. The van der Waals surface area contributed by atoms with Gasteiger partial charge in [-0.05, 0) is 26.2 Å². The number of aliphatic hydroxyl groups excluding tert-OH is 1. The number of hydrogen-bond acceptors (Lipinski definition) is 3. The highest BCUT2D eigenvalue weighted by atomic mass is 16.3. The Hall–Kier alpha value is -0.610. The second kappa shape index (κ2) is 7.65. The lowest BCUT2D eigenvalue weighted by atomic mass is 10.1. The van der Waals surface area contributed by atoms with E-state index in [1.807, 2.05) is 0 Å². The van der Waals surface area contributed by atoms with Crippen LogP contribution in [0.3, 0.4) is 0 Å². The molecule has 90 valence electrons. The molecule has 0 aromatic rings. The van der Waals surface area contributed by atoms with E-state index in [2.05, 4.69) is 24.5 Å². The smallest absolute Gasteiger partial charge is 0.236 e. The molecule has 0 aliphatic rings. The highest BCUT2D eigenvalue weighted by molar-refractivity contribution is 5.81. The van der Waals surface area contributed by atoms with Gasteiger partial charge in [-0.2, -0.15) is 0 Å². The Morgan fingerprint density at radius 3 is 2.33 bits per heavy atom. The molecular weight excluding hydrogens is 192 g/mol. The van der Waals surface area contributed by atoms with E-state index in [0.29, 0.717) is 12.5 Å². The van der Waals surface area contributed by atoms with Crippen LogP contribution in [0.15, 0.2) is 0 Å². The summed E-state index contributed by atoms with van der Waals surface area (Å²) in [5.74, 6) is 0.599. The molecule has 0 aliphatic heterocycles. The largest absolute Gasteiger partial charge is 0.392 e. The van der Waals surface area contributed by atoms with E-state index in [1.54, 1.807) is 13.8 Å². The maximum absolute atomic E-state index is 11.5. The molecule has 0 aromatic carbocycles. The van der Waals surface area contributed by atoms with Gasteiger partial charge in [-0.1, -0.05) is 13.8 Å². The lowest BCUT2D eigenvalue weighted by Crippen LogP contribution is -2.44. The second-order valence-corrected chi connectivity index (χ2v) is 4.45. The third kappa shape index (κ3) is 8.39. The van der Waals surface area contributed by atoms with Crippen LogP contribution in [-0.4, -0.2) is 36.2 Å². The van der Waals surface area contributed by atoms with Gasteiger partial charge in [-0.15, -0.1) is 0 Å². The van der Waals surface area contributed by atoms with E-state index < -0.39 is 6.10 Å². The molecule has 1 amide bonds. The van der Waals surface area contributed by atoms with Crippen LogP contribution in [0.2, 0.25) is 0 Å². The molecule has 0 heterocycles. The molecular formula is C11H24N2O2. The van der Waals surface area contributed by atoms with Gasteiger partial charge >= 0.3 is 0 Å². The normalized spacial score (nSPS) is 15.1. The van der Waals surface area contributed by atoms with Gasteiger partial charge in [0, 0.05) is 13.1 Å². The summed E-state index contributed by atoms with van der Waals surface area (Å²) in [4.78, 5) is 11.5. The lowest BCUT2D eigenvalue weighted by Gasteiger charge is -2.15. The zero-order valence-electron chi connectivity index (χ0n) is 10.2. The Morgan fingerprint density at radius 2 is 1.87 bits per heavy atom. The summed E-state index contributed by atoms with van der Waals surface area (Å²) in [7, 11) is 0. The van der Waals surface area contributed by atoms with Gasteiger partial charge < -0.3 is 15.7 Å². The minimum absolute atomic E-state index is 0.00343. The van der Waals surface area contributed by atoms with Gasteiger partial charge in [0.2, 0.25) is 5.91 Å². The molecule has 0 bridgehead atoms. The molecule has 0 spiro atoms. The van der Waals surface area contributed by atoms with Crippen LogP contribution >= 0.6 is 0 Å². The molecule has 2 atom stereocenters. The van der Waals surface area contributed by atoms with Crippen LogP contribution in [0.5, 0.6) is 0 Å². The Balaban J connectivity index is 3.60. The SMILES string of the molecule is CC(C)CCNC(=O)C(C)NCC(C)O. The first-order valence-electron chi connectivity index (χ1n) is 5.62. The molecule has 0 aromatic heterocycles. The van der Waals surface area contributed by atoms with Crippen molar-refractivity contribution in [3.05, 3.63) is 0 Å². The summed E-state index contributed by atoms with van der Waals surface area (Å²) in [6.07, 6.45) is 0.574. The molecule has 15 heavy (non-hydrogen) atoms. The third-order valence-corrected chi connectivity index (χ3v) is 2.13. The molecule has 0 fully saturated rings. The Kier molecular flexibility index (Phi) is 7.34. The van der Waals surface area contributed by atoms with E-state index in [9.17, 15) is 4.79 Å². The maximum Gasteiger partial charge on any atom is 0.236 e. The van der Waals surface area contributed by atoms with Gasteiger partial charge in [-0.3, -0.25) is 4.79 Å². The summed E-state index contributed by atoms with van der Waals surface area (Å²) < 4.78 is 0. The molecule has 3 N–H and O–H groups in total. The molecule has 0 saturated carbocycles. The Bertz CT molecular complexity index is 181. The van der Waals surface area contributed by atoms with Crippen molar-refractivity contribution in [1.82, 2.24) is 10.6 Å². The number of carbonyl (C=O) groups excluding carboxylic acids is 1. The predicted molar refractivity (Wildman–Crippen MR) is 61.6 cm³/mol. The van der Waals surface area contributed by atoms with E-state index in [4.69, 9.17) is 5.11 Å². The monoisotopic (exact) mass is 216 g/mol. The molecule has 0 rings (SSSR count). The fourth-order valence-electron chi connectivity index (χ4n) is 1.08. The average molecular weight is 216 g/mol. The minimum Gasteiger partial charge on any atom is -0.392 e. The number of carbonyl (C=O) groups is 1. The molecule has 4 nitrogen and oxygen atoms in total. The van der Waals surface area contributed by atoms with E-state index in [0.717, 1.165) is 13.0 Å². The second-order valence-electron chi connectivity index (χ2n) is 4.45. The highest BCUT2D eigenvalue weighted by Gasteiger charge is 2.11. The minimum atomic E-state index is -0.420. The molecule has 2 unspecified atom stereocenters. The number of rotatable bonds is 7. The van der Waals surface area contributed by atoms with Crippen LogP contribution in [0.25, 0.3) is 0 Å². The fourth-order valence-corrected chi connectivity index (χ4v) is 1.08. The van der Waals surface area contributed by atoms with Crippen molar-refractivity contribution < 1.29 is 9.90 Å². The number of hydrogen-bond donors (Lipinski definition) is 3. The van der Waals surface area contributed by atoms with Gasteiger partial charge in [0.25, 0.3) is 0 Å². The first kappa shape index (κ1) is 14.4. The van der Waals surface area contributed by atoms with Crippen molar-refractivity contribution in [2.45, 2.75) is 46.3 Å². The topological polar surface area (TPSA) is 61.4 Å². The number of aliphatic hydroxyl groups is 1. The van der Waals surface area contributed by atoms with Gasteiger partial charge in [-0.25, -0.2) is 0 Å². The van der Waals surface area contributed by atoms with Crippen LogP contribution < -0.4 is 10.6 Å². The summed E-state index contributed by atoms with van der Waals surface area (Å²) in [5.41, 5.74) is 0. The van der Waals surface area contributed by atoms with Crippen molar-refractivity contribution in [3.63, 3.8) is 0 Å². The number of nitrogens with one attached hydrogen (secondary N) is 2. The Labute approximate surface area is 92.4 Å². The average Bonchev–Trinajstić information content (AvgIpc) is 2.13. The zero-order chi connectivity index (χ0) is 11.8. The first-order valence-corrected chi connectivity index (χ1v) is 5.62. The zero-order valence-corrected chi connectivity index (χ0v) is 10.2. The maximum atomic E-state index is 11.5. The van der Waals surface area contributed by atoms with Gasteiger partial charge in [0.1, 0.15) is 0 Å². The number of amides is 1. The van der Waals surface area contributed by atoms with E-state index in [-0.39, 0.29) is 11.9 Å². The third-order valence-electron chi connectivity index (χ3n) is 2.13. The standard InChI is InChI=1S/C11H24N2O2/c1-8(2)5-6-12-11(15)10(4)13-7-9(3)14/h8-10,13-14H,5-7H2,1-4H3,(H,12,15). The van der Waals surface area contributed by atoms with Crippen molar-refractivity contribution >= 4 is 5.91 Å². The van der Waals surface area contributed by atoms with Crippen LogP contribution in [0.1, 0.15) is 34.1 Å². The van der Waals surface area contributed by atoms with Gasteiger partial charge in [0.15, 0.2) is 0 Å². The van der Waals surface area contributed by atoms with Crippen LogP contribution in [0.4, 0.5) is 0 Å². The van der Waals surface area contributed by atoms with E-state index in [1.165, 1.54) is 0 Å². The predicted octanol–water partition coefficient (Wildman–Crippen LogP) is 0.508. The molecule has 0 radical (unpaired) electrons. The highest BCUT2D eigenvalue weighted by Crippen LogP contribution is 1.96. The molecule has 0 saturated heterocycles. The first-order chi connectivity index (χ1) is 6.93. The Morgan fingerprint density at radius 1 is 1.27 bits per heavy atom. The molecule has 4 heteroatoms. The van der Waals surface area contributed by atoms with E-state index >= 15 is 0 Å². The van der Waals surface area contributed by atoms with Crippen molar-refractivity contribution in [2.75, 3.05) is 13.1 Å². The van der Waals surface area contributed by atoms with Crippen molar-refractivity contribution in [2.24, 2.45) is 5.92 Å². The van der Waals surface area contributed by atoms with Crippen LogP contribution in [-0.2, 0) is 4.79 Å². The lowest BCUT2D eigenvalue weighted by molar-refractivity contribution is -0.122. The van der Waals surface area contributed by atoms with Gasteiger partial charge in [0.05, 0.1) is 12.1 Å². The van der Waals surface area contributed by atoms with Crippen molar-refractivity contribution in [1.29, 1.82) is 0 Å². The quantitative estimate of drug-likeness (QED) is 0.581. The summed E-state index contributed by atoms with van der Waals surface area (Å²) in [6.45, 7) is 8.90. The summed E-state index contributed by atoms with van der Waals surface area (Å²) in [6, 6.07) is -0.244. The van der Waals surface area contributed by atoms with Crippen molar-refractivity contribution in [3.8, 4) is 0 Å². The summed E-state index contributed by atoms with van der Waals surface area (Å²) >= 11 is 0. The molecule has 0 aliphatic carbocycles. The summed E-state index contributed by atoms with van der Waals surface area (Å²) in [5, 5.41) is 14.9. The van der Waals surface area contributed by atoms with Crippen LogP contribution in [0, 0.1) is 5.92 Å².